The molecular weight excluding hydrogens is 404 g/mol. The van der Waals surface area contributed by atoms with E-state index in [0.717, 1.165) is 25.9 Å². The van der Waals surface area contributed by atoms with Crippen LogP contribution < -0.4 is 10.6 Å². The van der Waals surface area contributed by atoms with Crippen LogP contribution in [0.5, 0.6) is 0 Å². The Bertz CT molecular complexity index is 634. The van der Waals surface area contributed by atoms with Gasteiger partial charge in [0.05, 0.1) is 17.5 Å². The molecule has 9 heteroatoms. The highest BCUT2D eigenvalue weighted by Gasteiger charge is 2.21. The number of carbonyl (C=O) groups is 1. The largest absolute Gasteiger partial charge is 0.335 e. The smallest absolute Gasteiger partial charge is 0.317 e. The lowest BCUT2D eigenvalue weighted by Gasteiger charge is -2.28. The van der Waals surface area contributed by atoms with Gasteiger partial charge in [-0.05, 0) is 44.9 Å². The van der Waals surface area contributed by atoms with Crippen LogP contribution in [0.25, 0.3) is 0 Å². The first-order valence-corrected chi connectivity index (χ1v) is 13.4. The van der Waals surface area contributed by atoms with Crippen LogP contribution in [0, 0.1) is 0 Å². The fourth-order valence-electron chi connectivity index (χ4n) is 4.22. The van der Waals surface area contributed by atoms with E-state index in [1.54, 1.807) is 6.08 Å². The maximum absolute atomic E-state index is 11.8. The molecule has 2 aliphatic carbocycles. The van der Waals surface area contributed by atoms with Gasteiger partial charge < -0.3 is 15.5 Å². The first-order chi connectivity index (χ1) is 14.5. The maximum atomic E-state index is 11.8. The van der Waals surface area contributed by atoms with Gasteiger partial charge in [0, 0.05) is 32.2 Å². The summed E-state index contributed by atoms with van der Waals surface area (Å²) < 4.78 is 21.2. The lowest BCUT2D eigenvalue weighted by Crippen LogP contribution is -2.46. The lowest BCUT2D eigenvalue weighted by molar-refractivity contribution is 0.182. The van der Waals surface area contributed by atoms with Gasteiger partial charge in [0.15, 0.2) is 9.84 Å². The molecule has 2 amide bonds. The topological polar surface area (TPSA) is 108 Å². The summed E-state index contributed by atoms with van der Waals surface area (Å²) >= 11 is 0. The molecule has 2 saturated carbocycles. The van der Waals surface area contributed by atoms with E-state index in [1.165, 1.54) is 57.8 Å². The number of amides is 2. The molecule has 0 spiro atoms. The Morgan fingerprint density at radius 3 is 1.97 bits per heavy atom. The minimum Gasteiger partial charge on any atom is -0.335 e. The zero-order chi connectivity index (χ0) is 21.7. The third-order valence-electron chi connectivity index (χ3n) is 6.07. The quantitative estimate of drug-likeness (QED) is 0.504. The van der Waals surface area contributed by atoms with E-state index in [4.69, 9.17) is 0 Å². The predicted molar refractivity (Wildman–Crippen MR) is 118 cm³/mol. The fourth-order valence-corrected chi connectivity index (χ4v) is 5.34. The Labute approximate surface area is 181 Å². The van der Waals surface area contributed by atoms with Gasteiger partial charge in [0.1, 0.15) is 0 Å². The summed E-state index contributed by atoms with van der Waals surface area (Å²) in [5, 5.41) is 6.10. The monoisotopic (exact) mass is 442 g/mol. The predicted octanol–water partition coefficient (Wildman–Crippen LogP) is 2.39. The molecule has 30 heavy (non-hydrogen) atoms. The first kappa shape index (κ1) is 24.8. The highest BCUT2D eigenvalue weighted by atomic mass is 32.2. The number of sulfone groups is 1. The van der Waals surface area contributed by atoms with E-state index in [-0.39, 0.29) is 6.03 Å². The Morgan fingerprint density at radius 1 is 0.900 bits per heavy atom. The number of likely N-dealkylation sites (tertiary alicyclic amines) is 1. The zero-order valence-electron chi connectivity index (χ0n) is 18.1. The standard InChI is InChI=1S/C11H20N2O.C6H9NO.C4H9NO2S/c14-11(12-10-6-2-3-7-10)13-8-4-1-5-9-13;8-5-7-6-3-1-2-4-6;6-8(7)3-1-5-2-4-8/h10H,1-9H2,(H,12,14);6H,1-4H2;5H,1-4H2. The van der Waals surface area contributed by atoms with Crippen LogP contribution in [-0.2, 0) is 14.6 Å². The van der Waals surface area contributed by atoms with Crippen molar-refractivity contribution in [1.82, 2.24) is 15.5 Å². The van der Waals surface area contributed by atoms with E-state index in [9.17, 15) is 18.0 Å². The highest BCUT2D eigenvalue weighted by molar-refractivity contribution is 7.91. The molecule has 4 aliphatic rings. The number of rotatable bonds is 2. The van der Waals surface area contributed by atoms with Crippen LogP contribution in [0.1, 0.15) is 70.6 Å². The Kier molecular flexibility index (Phi) is 11.4. The second-order valence-corrected chi connectivity index (χ2v) is 10.8. The number of nitrogens with zero attached hydrogens (tertiary/aromatic N) is 2. The van der Waals surface area contributed by atoms with Gasteiger partial charge in [-0.1, -0.05) is 25.7 Å². The van der Waals surface area contributed by atoms with Crippen LogP contribution in [0.2, 0.25) is 0 Å². The normalized spacial score (nSPS) is 23.9. The van der Waals surface area contributed by atoms with Crippen LogP contribution >= 0.6 is 0 Å². The first-order valence-electron chi connectivity index (χ1n) is 11.5. The molecule has 0 radical (unpaired) electrons. The molecule has 0 aromatic rings. The van der Waals surface area contributed by atoms with Crippen LogP contribution in [-0.4, -0.2) is 75.2 Å². The highest BCUT2D eigenvalue weighted by Crippen LogP contribution is 2.20. The van der Waals surface area contributed by atoms with Crippen LogP contribution in [0.15, 0.2) is 4.99 Å². The average Bonchev–Trinajstić information content (AvgIpc) is 3.44. The van der Waals surface area contributed by atoms with E-state index in [1.807, 2.05) is 4.90 Å². The molecule has 0 aromatic carbocycles. The number of hydrogen-bond acceptors (Lipinski definition) is 6. The van der Waals surface area contributed by atoms with Gasteiger partial charge in [-0.2, -0.15) is 0 Å². The molecule has 4 rings (SSSR count). The second-order valence-electron chi connectivity index (χ2n) is 8.54. The number of isocyanates is 1. The van der Waals surface area contributed by atoms with E-state index in [0.29, 0.717) is 36.7 Å². The molecule has 172 valence electrons. The Hall–Kier alpha value is -1.44. The number of carbonyl (C=O) groups excluding carboxylic acids is 2. The van der Waals surface area contributed by atoms with Crippen molar-refractivity contribution in [1.29, 1.82) is 0 Å². The zero-order valence-corrected chi connectivity index (χ0v) is 18.9. The molecule has 2 N–H and O–H groups in total. The van der Waals surface area contributed by atoms with Crippen molar-refractivity contribution in [2.24, 2.45) is 4.99 Å². The summed E-state index contributed by atoms with van der Waals surface area (Å²) in [4.78, 5) is 27.0. The summed E-state index contributed by atoms with van der Waals surface area (Å²) in [5.74, 6) is 0.625. The number of nitrogens with one attached hydrogen (secondary N) is 2. The molecule has 0 bridgehead atoms. The van der Waals surface area contributed by atoms with Crippen LogP contribution in [0.3, 0.4) is 0 Å². The molecule has 2 aliphatic heterocycles. The molecular formula is C21H38N4O4S. The summed E-state index contributed by atoms with van der Waals surface area (Å²) in [6.07, 6.45) is 14.8. The number of aliphatic imine (C=N–C) groups is 1. The van der Waals surface area contributed by atoms with Crippen molar-refractivity contribution in [3.8, 4) is 0 Å². The van der Waals surface area contributed by atoms with Crippen molar-refractivity contribution >= 4 is 21.9 Å². The van der Waals surface area contributed by atoms with Crippen LogP contribution in [0.4, 0.5) is 4.79 Å². The van der Waals surface area contributed by atoms with Gasteiger partial charge in [-0.25, -0.2) is 23.0 Å². The van der Waals surface area contributed by atoms with Gasteiger partial charge in [0.2, 0.25) is 6.08 Å². The van der Waals surface area contributed by atoms with Gasteiger partial charge >= 0.3 is 6.03 Å². The fraction of sp³-hybridized carbons (Fsp3) is 0.905. The van der Waals surface area contributed by atoms with Crippen molar-refractivity contribution in [3.63, 3.8) is 0 Å². The SMILES string of the molecule is O=C(NC1CCCC1)N1CCCCC1.O=C=NC1CCCC1.O=S1(=O)CCNCC1. The Balaban J connectivity index is 0.000000172. The third-order valence-corrected chi connectivity index (χ3v) is 7.72. The van der Waals surface area contributed by atoms with Crippen molar-refractivity contribution in [2.45, 2.75) is 82.7 Å². The van der Waals surface area contributed by atoms with E-state index >= 15 is 0 Å². The summed E-state index contributed by atoms with van der Waals surface area (Å²) in [6, 6.07) is 0.952. The number of piperidine rings is 1. The molecule has 4 fully saturated rings. The van der Waals surface area contributed by atoms with Crippen molar-refractivity contribution < 1.29 is 18.0 Å². The average molecular weight is 443 g/mol. The molecule has 0 aromatic heterocycles. The van der Waals surface area contributed by atoms with E-state index < -0.39 is 9.84 Å². The molecule has 8 nitrogen and oxygen atoms in total. The lowest BCUT2D eigenvalue weighted by atomic mass is 10.1. The Morgan fingerprint density at radius 2 is 1.47 bits per heavy atom. The van der Waals surface area contributed by atoms with Gasteiger partial charge in [0.25, 0.3) is 0 Å². The summed E-state index contributed by atoms with van der Waals surface area (Å²) in [7, 11) is -2.65. The molecule has 0 unspecified atom stereocenters. The third kappa shape index (κ3) is 10.0. The summed E-state index contributed by atoms with van der Waals surface area (Å²) in [5.41, 5.74) is 0. The van der Waals surface area contributed by atoms with Crippen molar-refractivity contribution in [3.05, 3.63) is 0 Å². The maximum Gasteiger partial charge on any atom is 0.317 e. The molecule has 2 saturated heterocycles. The number of urea groups is 1. The summed E-state index contributed by atoms with van der Waals surface area (Å²) in [6.45, 7) is 3.17. The van der Waals surface area contributed by atoms with Crippen molar-refractivity contribution in [2.75, 3.05) is 37.7 Å². The van der Waals surface area contributed by atoms with Gasteiger partial charge in [-0.3, -0.25) is 0 Å². The molecule has 2 heterocycles. The van der Waals surface area contributed by atoms with E-state index in [2.05, 4.69) is 15.6 Å². The minimum absolute atomic E-state index is 0.177. The minimum atomic E-state index is -2.65. The molecule has 0 atom stereocenters. The van der Waals surface area contributed by atoms with Gasteiger partial charge in [-0.15, -0.1) is 0 Å². The number of hydrogen-bond donors (Lipinski definition) is 2. The second kappa shape index (κ2) is 13.8.